The highest BCUT2D eigenvalue weighted by Crippen LogP contribution is 2.14. The first-order valence-electron chi connectivity index (χ1n) is 12.4. The van der Waals surface area contributed by atoms with E-state index in [0.717, 1.165) is 25.7 Å². The molecule has 0 fully saturated rings. The molecule has 5 heteroatoms. The van der Waals surface area contributed by atoms with Gasteiger partial charge in [-0.2, -0.15) is 0 Å². The van der Waals surface area contributed by atoms with Crippen LogP contribution in [0, 0.1) is 0 Å². The first-order valence-corrected chi connectivity index (χ1v) is 12.4. The molecule has 4 N–H and O–H groups in total. The highest BCUT2D eigenvalue weighted by Gasteiger charge is 2.02. The molecule has 0 aromatic heterocycles. The molecular formula is C25H50ClNO3. The van der Waals surface area contributed by atoms with Crippen molar-refractivity contribution >= 4 is 5.97 Å². The van der Waals surface area contributed by atoms with Crippen LogP contribution < -0.4 is 18.1 Å². The van der Waals surface area contributed by atoms with E-state index in [1.165, 1.54) is 89.9 Å². The van der Waals surface area contributed by atoms with Gasteiger partial charge in [-0.3, -0.25) is 0 Å². The molecule has 0 rings (SSSR count). The monoisotopic (exact) mass is 447 g/mol. The van der Waals surface area contributed by atoms with Gasteiger partial charge in [0.2, 0.25) is 0 Å². The molecule has 1 unspecified atom stereocenters. The molecule has 0 spiro atoms. The van der Waals surface area contributed by atoms with E-state index in [2.05, 4.69) is 12.3 Å². The van der Waals surface area contributed by atoms with Gasteiger partial charge >= 0.3 is 5.97 Å². The van der Waals surface area contributed by atoms with E-state index in [1.54, 1.807) is 6.92 Å². The third-order valence-corrected chi connectivity index (χ3v) is 5.60. The number of aliphatic hydroxyl groups is 1. The smallest absolute Gasteiger partial charge is 0.333 e. The van der Waals surface area contributed by atoms with Gasteiger partial charge in [-0.05, 0) is 19.8 Å². The molecule has 0 bridgehead atoms. The summed E-state index contributed by atoms with van der Waals surface area (Å²) >= 11 is 0. The van der Waals surface area contributed by atoms with Gasteiger partial charge in [0, 0.05) is 5.57 Å². The van der Waals surface area contributed by atoms with E-state index in [-0.39, 0.29) is 24.5 Å². The number of hydrogen-bond donors (Lipinski definition) is 2. The maximum Gasteiger partial charge on any atom is 0.333 e. The van der Waals surface area contributed by atoms with Gasteiger partial charge in [-0.1, -0.05) is 109 Å². The van der Waals surface area contributed by atoms with Crippen molar-refractivity contribution in [3.8, 4) is 0 Å². The van der Waals surface area contributed by atoms with Gasteiger partial charge in [0.05, 0.1) is 6.61 Å². The van der Waals surface area contributed by atoms with E-state index in [4.69, 9.17) is 4.74 Å². The van der Waals surface area contributed by atoms with E-state index < -0.39 is 0 Å². The van der Waals surface area contributed by atoms with Crippen molar-refractivity contribution in [1.29, 1.82) is 0 Å². The van der Waals surface area contributed by atoms with Gasteiger partial charge in [0.15, 0.2) is 0 Å². The van der Waals surface area contributed by atoms with Crippen LogP contribution in [-0.4, -0.2) is 30.3 Å². The minimum Gasteiger partial charge on any atom is -1.00 e. The molecule has 30 heavy (non-hydrogen) atoms. The third-order valence-electron chi connectivity index (χ3n) is 5.60. The number of ether oxygens (including phenoxy) is 1. The van der Waals surface area contributed by atoms with Gasteiger partial charge in [0.25, 0.3) is 0 Å². The van der Waals surface area contributed by atoms with Crippen LogP contribution >= 0.6 is 0 Å². The molecule has 0 aliphatic carbocycles. The highest BCUT2D eigenvalue weighted by molar-refractivity contribution is 5.86. The maximum absolute atomic E-state index is 11.2. The number of quaternary nitrogens is 1. The molecule has 1 atom stereocenters. The molecule has 0 aromatic rings. The number of rotatable bonds is 22. The zero-order chi connectivity index (χ0) is 21.6. The molecule has 0 amide bonds. The molecular weight excluding hydrogens is 398 g/mol. The second-order valence-electron chi connectivity index (χ2n) is 8.66. The minimum atomic E-state index is -0.262. The number of carbonyl (C=O) groups excluding carboxylic acids is 1. The summed E-state index contributed by atoms with van der Waals surface area (Å²) in [4.78, 5) is 11.2. The number of esters is 1. The third kappa shape index (κ3) is 23.7. The summed E-state index contributed by atoms with van der Waals surface area (Å²) in [5.41, 5.74) is 4.22. The van der Waals surface area contributed by atoms with Crippen LogP contribution in [0.2, 0.25) is 0 Å². The Morgan fingerprint density at radius 1 is 0.767 bits per heavy atom. The Bertz CT molecular complexity index is 391. The van der Waals surface area contributed by atoms with Crippen molar-refractivity contribution in [2.45, 2.75) is 129 Å². The largest absolute Gasteiger partial charge is 1.00 e. The fraction of sp³-hybridized carbons (Fsp3) is 0.880. The lowest BCUT2D eigenvalue weighted by Gasteiger charge is -2.06. The zero-order valence-corrected chi connectivity index (χ0v) is 20.5. The molecule has 180 valence electrons. The Kier molecular flexibility index (Phi) is 26.0. The summed E-state index contributed by atoms with van der Waals surface area (Å²) in [7, 11) is 0. The number of halogens is 1. The van der Waals surface area contributed by atoms with Crippen LogP contribution in [-0.2, 0) is 9.53 Å². The van der Waals surface area contributed by atoms with Crippen molar-refractivity contribution in [3.63, 3.8) is 0 Å². The summed E-state index contributed by atoms with van der Waals surface area (Å²) in [6, 6.07) is 0. The second-order valence-corrected chi connectivity index (χ2v) is 8.66. The van der Waals surface area contributed by atoms with Gasteiger partial charge in [0.1, 0.15) is 12.6 Å². The average molecular weight is 448 g/mol. The molecule has 0 saturated carbocycles. The maximum atomic E-state index is 11.2. The predicted octanol–water partition coefficient (Wildman–Crippen LogP) is 2.73. The Hall–Kier alpha value is -0.580. The summed E-state index contributed by atoms with van der Waals surface area (Å²) < 4.78 is 5.10. The summed E-state index contributed by atoms with van der Waals surface area (Å²) in [5.74, 6) is -0.262. The van der Waals surface area contributed by atoms with Gasteiger partial charge in [-0.15, -0.1) is 0 Å². The van der Waals surface area contributed by atoms with Crippen molar-refractivity contribution in [2.75, 3.05) is 13.2 Å². The van der Waals surface area contributed by atoms with E-state index in [0.29, 0.717) is 18.7 Å². The Balaban J connectivity index is 0. The summed E-state index contributed by atoms with van der Waals surface area (Å²) in [6.45, 7) is 6.45. The van der Waals surface area contributed by atoms with Gasteiger partial charge in [-0.25, -0.2) is 4.79 Å². The quantitative estimate of drug-likeness (QED) is 0.152. The van der Waals surface area contributed by atoms with E-state index >= 15 is 0 Å². The number of unbranched alkanes of at least 4 members (excludes halogenated alkanes) is 16. The number of carbonyl (C=O) groups is 1. The molecule has 0 aliphatic rings. The molecule has 4 nitrogen and oxygen atoms in total. The van der Waals surface area contributed by atoms with Crippen molar-refractivity contribution in [1.82, 2.24) is 0 Å². The van der Waals surface area contributed by atoms with Crippen LogP contribution in [0.15, 0.2) is 12.2 Å². The van der Waals surface area contributed by atoms with Crippen molar-refractivity contribution in [3.05, 3.63) is 12.2 Å². The van der Waals surface area contributed by atoms with Crippen molar-refractivity contribution in [2.24, 2.45) is 0 Å². The Morgan fingerprint density at radius 2 is 1.10 bits per heavy atom. The predicted molar refractivity (Wildman–Crippen MR) is 123 cm³/mol. The van der Waals surface area contributed by atoms with Crippen LogP contribution in [0.3, 0.4) is 0 Å². The van der Waals surface area contributed by atoms with Crippen LogP contribution in [0.1, 0.15) is 122 Å². The SMILES string of the molecule is C=C(C)C(=O)OCCCCCCCCCCCCCCCCCCCC(O)C[NH3+].[Cl-]. The summed E-state index contributed by atoms with van der Waals surface area (Å²) in [6.07, 6.45) is 23.0. The zero-order valence-electron chi connectivity index (χ0n) is 19.8. The Labute approximate surface area is 192 Å². The first-order chi connectivity index (χ1) is 14.1. The van der Waals surface area contributed by atoms with Gasteiger partial charge < -0.3 is 28.0 Å². The average Bonchev–Trinajstić information content (AvgIpc) is 2.71. The molecule has 0 aromatic carbocycles. The fourth-order valence-electron chi connectivity index (χ4n) is 3.57. The van der Waals surface area contributed by atoms with Crippen molar-refractivity contribution < 1.29 is 32.8 Å². The lowest BCUT2D eigenvalue weighted by atomic mass is 10.0. The Morgan fingerprint density at radius 3 is 1.43 bits per heavy atom. The lowest BCUT2D eigenvalue weighted by Crippen LogP contribution is -3.00. The standard InChI is InChI=1S/C25H49NO3.ClH/c1-23(2)25(28)29-21-19-17-15-13-11-9-7-5-3-4-6-8-10-12-14-16-18-20-24(27)22-26;/h24,27H,1,3-22,26H2,2H3;1H. The first kappa shape index (κ1) is 31.6. The molecule has 0 saturated heterocycles. The van der Waals surface area contributed by atoms with Crippen LogP contribution in [0.25, 0.3) is 0 Å². The number of aliphatic hydroxyl groups excluding tert-OH is 1. The topological polar surface area (TPSA) is 74.2 Å². The molecule has 0 aliphatic heterocycles. The molecule has 0 radical (unpaired) electrons. The van der Waals surface area contributed by atoms with Crippen LogP contribution in [0.4, 0.5) is 0 Å². The number of hydrogen-bond acceptors (Lipinski definition) is 3. The van der Waals surface area contributed by atoms with E-state index in [9.17, 15) is 9.90 Å². The highest BCUT2D eigenvalue weighted by atomic mass is 35.5. The van der Waals surface area contributed by atoms with Crippen LogP contribution in [0.5, 0.6) is 0 Å². The lowest BCUT2D eigenvalue weighted by molar-refractivity contribution is -0.384. The minimum absolute atomic E-state index is 0. The fourth-order valence-corrected chi connectivity index (χ4v) is 3.57. The normalized spacial score (nSPS) is 11.7. The second kappa shape index (κ2) is 24.7. The molecule has 0 heterocycles. The van der Waals surface area contributed by atoms with E-state index in [1.807, 2.05) is 0 Å². The summed E-state index contributed by atoms with van der Waals surface area (Å²) in [5, 5.41) is 9.45.